The third-order valence-corrected chi connectivity index (χ3v) is 7.11. The largest absolute Gasteiger partial charge is 0.398 e. The molecule has 0 radical (unpaired) electrons. The first kappa shape index (κ1) is 24.3. The van der Waals surface area contributed by atoms with Gasteiger partial charge in [-0.25, -0.2) is 0 Å². The summed E-state index contributed by atoms with van der Waals surface area (Å²) < 4.78 is 8.28. The number of halogens is 3. The van der Waals surface area contributed by atoms with Gasteiger partial charge in [0.15, 0.2) is 6.29 Å². The highest BCUT2D eigenvalue weighted by Crippen LogP contribution is 2.33. The first-order valence-corrected chi connectivity index (χ1v) is 12.0. The van der Waals surface area contributed by atoms with Gasteiger partial charge in [-0.1, -0.05) is 6.07 Å². The molecule has 1 aliphatic rings. The third kappa shape index (κ3) is 5.02. The molecular formula is C19H19I3N2O6. The Morgan fingerprint density at radius 3 is 2.27 bits per heavy atom. The highest BCUT2D eigenvalue weighted by Gasteiger charge is 2.44. The average Bonchev–Trinajstić information content (AvgIpc) is 2.67. The van der Waals surface area contributed by atoms with Crippen LogP contribution >= 0.6 is 67.8 Å². The Morgan fingerprint density at radius 1 is 1.07 bits per heavy atom. The summed E-state index contributed by atoms with van der Waals surface area (Å²) in [4.78, 5) is 12.7. The molecule has 1 saturated heterocycles. The van der Waals surface area contributed by atoms with Gasteiger partial charge in [0.05, 0.1) is 12.2 Å². The summed E-state index contributed by atoms with van der Waals surface area (Å²) in [6.07, 6.45) is -5.73. The SMILES string of the molecule is Nc1cc(-c2c(I)cc(I)cc2I)ccc1C(=O)NC1C(O)OC(CO)[C@H](O)[C@H]1O. The van der Waals surface area contributed by atoms with Crippen LogP contribution in [0.25, 0.3) is 11.1 Å². The van der Waals surface area contributed by atoms with E-state index < -0.39 is 43.2 Å². The van der Waals surface area contributed by atoms with Crippen LogP contribution in [0.1, 0.15) is 10.4 Å². The molecule has 0 aromatic heterocycles. The molecule has 162 valence electrons. The molecule has 11 heteroatoms. The number of benzene rings is 2. The lowest BCUT2D eigenvalue weighted by Crippen LogP contribution is -2.64. The second kappa shape index (κ2) is 10.1. The molecule has 0 bridgehead atoms. The van der Waals surface area contributed by atoms with Crippen LogP contribution in [0, 0.1) is 10.7 Å². The summed E-state index contributed by atoms with van der Waals surface area (Å²) in [7, 11) is 0. The molecule has 0 spiro atoms. The van der Waals surface area contributed by atoms with E-state index in [1.165, 1.54) is 0 Å². The van der Waals surface area contributed by atoms with Crippen LogP contribution in [-0.2, 0) is 4.74 Å². The number of ether oxygens (including phenoxy) is 1. The van der Waals surface area contributed by atoms with Crippen molar-refractivity contribution in [2.75, 3.05) is 12.3 Å². The van der Waals surface area contributed by atoms with Crippen molar-refractivity contribution in [2.45, 2.75) is 30.6 Å². The van der Waals surface area contributed by atoms with Crippen LogP contribution in [0.3, 0.4) is 0 Å². The van der Waals surface area contributed by atoms with Gasteiger partial charge in [-0.05, 0) is 97.6 Å². The molecule has 2 aromatic rings. The van der Waals surface area contributed by atoms with Crippen LogP contribution in [-0.4, -0.2) is 63.6 Å². The second-order valence-electron chi connectivity index (χ2n) is 6.77. The molecule has 7 N–H and O–H groups in total. The van der Waals surface area contributed by atoms with Crippen LogP contribution in [0.2, 0.25) is 0 Å². The van der Waals surface area contributed by atoms with Crippen molar-refractivity contribution < 1.29 is 30.0 Å². The molecule has 1 aliphatic heterocycles. The maximum Gasteiger partial charge on any atom is 0.253 e. The summed E-state index contributed by atoms with van der Waals surface area (Å²) in [6.45, 7) is -0.583. The van der Waals surface area contributed by atoms with Crippen LogP contribution in [0.4, 0.5) is 5.69 Å². The minimum atomic E-state index is -1.60. The van der Waals surface area contributed by atoms with Gasteiger partial charge < -0.3 is 36.2 Å². The fraction of sp³-hybridized carbons (Fsp3) is 0.316. The Morgan fingerprint density at radius 2 is 1.70 bits per heavy atom. The summed E-state index contributed by atoms with van der Waals surface area (Å²) in [5.74, 6) is -0.632. The van der Waals surface area contributed by atoms with Crippen molar-refractivity contribution in [3.05, 3.63) is 46.6 Å². The summed E-state index contributed by atoms with van der Waals surface area (Å²) >= 11 is 6.76. The van der Waals surface area contributed by atoms with Gasteiger partial charge >= 0.3 is 0 Å². The third-order valence-electron chi connectivity index (χ3n) is 4.79. The predicted octanol–water partition coefficient (Wildman–Crippen LogP) is 1.28. The number of nitrogens with one attached hydrogen (secondary N) is 1. The number of amides is 1. The molecule has 1 amide bonds. The molecule has 0 saturated carbocycles. The minimum Gasteiger partial charge on any atom is -0.398 e. The fourth-order valence-corrected chi connectivity index (χ4v) is 7.43. The zero-order valence-electron chi connectivity index (χ0n) is 15.3. The number of hydrogen-bond donors (Lipinski definition) is 6. The average molecular weight is 752 g/mol. The number of rotatable bonds is 4. The second-order valence-corrected chi connectivity index (χ2v) is 10.3. The highest BCUT2D eigenvalue weighted by molar-refractivity contribution is 14.1. The predicted molar refractivity (Wildman–Crippen MR) is 136 cm³/mol. The lowest BCUT2D eigenvalue weighted by atomic mass is 9.96. The molecule has 1 fully saturated rings. The minimum absolute atomic E-state index is 0.160. The van der Waals surface area contributed by atoms with Crippen molar-refractivity contribution in [2.24, 2.45) is 0 Å². The van der Waals surface area contributed by atoms with Gasteiger partial charge in [-0.3, -0.25) is 4.79 Å². The van der Waals surface area contributed by atoms with E-state index in [1.807, 2.05) is 12.1 Å². The Kier molecular flexibility index (Phi) is 8.19. The number of aliphatic hydroxyl groups excluding tert-OH is 4. The zero-order valence-corrected chi connectivity index (χ0v) is 21.8. The number of carbonyl (C=O) groups is 1. The Bertz CT molecular complexity index is 937. The molecule has 30 heavy (non-hydrogen) atoms. The van der Waals surface area contributed by atoms with Crippen molar-refractivity contribution in [3.8, 4) is 11.1 Å². The number of carbonyl (C=O) groups excluding carboxylic acids is 1. The maximum absolute atomic E-state index is 12.7. The smallest absolute Gasteiger partial charge is 0.253 e. The number of nitrogen functional groups attached to an aromatic ring is 1. The molecule has 1 heterocycles. The Balaban J connectivity index is 1.83. The van der Waals surface area contributed by atoms with Gasteiger partial charge in [-0.2, -0.15) is 0 Å². The topological polar surface area (TPSA) is 145 Å². The van der Waals surface area contributed by atoms with Gasteiger partial charge in [0.1, 0.15) is 24.4 Å². The van der Waals surface area contributed by atoms with E-state index in [9.17, 15) is 20.1 Å². The van der Waals surface area contributed by atoms with E-state index in [0.717, 1.165) is 21.8 Å². The normalized spacial score (nSPS) is 26.4. The molecule has 8 nitrogen and oxygen atoms in total. The summed E-state index contributed by atoms with van der Waals surface area (Å²) in [6, 6.07) is 7.85. The highest BCUT2D eigenvalue weighted by atomic mass is 127. The molecule has 3 rings (SSSR count). The van der Waals surface area contributed by atoms with Gasteiger partial charge in [0.2, 0.25) is 0 Å². The summed E-state index contributed by atoms with van der Waals surface area (Å²) in [5.41, 5.74) is 8.39. The Hall–Kier alpha value is -0.300. The maximum atomic E-state index is 12.7. The molecular weight excluding hydrogens is 733 g/mol. The van der Waals surface area contributed by atoms with Gasteiger partial charge in [-0.15, -0.1) is 0 Å². The van der Waals surface area contributed by atoms with Crippen LogP contribution in [0.5, 0.6) is 0 Å². The van der Waals surface area contributed by atoms with E-state index >= 15 is 0 Å². The standard InChI is InChI=1S/C19H19I3N2O6/c20-8-4-10(21)14(11(22)5-8)7-1-2-9(12(23)3-7)18(28)24-15-17(27)16(26)13(6-25)30-19(15)29/h1-5,13,15-17,19,25-27,29H,6,23H2,(H,24,28)/t13?,15?,16-,17-,19?/m0/s1. The van der Waals surface area contributed by atoms with E-state index in [-0.39, 0.29) is 11.3 Å². The van der Waals surface area contributed by atoms with Crippen LogP contribution in [0.15, 0.2) is 30.3 Å². The molecule has 2 aromatic carbocycles. The van der Waals surface area contributed by atoms with E-state index in [0.29, 0.717) is 0 Å². The lowest BCUT2D eigenvalue weighted by Gasteiger charge is -2.40. The molecule has 3 unspecified atom stereocenters. The number of nitrogens with two attached hydrogens (primary N) is 1. The van der Waals surface area contributed by atoms with Crippen molar-refractivity contribution in [3.63, 3.8) is 0 Å². The molecule has 0 aliphatic carbocycles. The van der Waals surface area contributed by atoms with Gasteiger partial charge in [0.25, 0.3) is 5.91 Å². The monoisotopic (exact) mass is 752 g/mol. The van der Waals surface area contributed by atoms with E-state index in [1.54, 1.807) is 18.2 Å². The van der Waals surface area contributed by atoms with Gasteiger partial charge in [0, 0.05) is 22.0 Å². The summed E-state index contributed by atoms with van der Waals surface area (Å²) in [5, 5.41) is 41.8. The first-order chi connectivity index (χ1) is 14.1. The lowest BCUT2D eigenvalue weighted by molar-refractivity contribution is -0.252. The Labute approximate surface area is 213 Å². The zero-order chi connectivity index (χ0) is 22.2. The van der Waals surface area contributed by atoms with Crippen LogP contribution < -0.4 is 11.1 Å². The van der Waals surface area contributed by atoms with Crippen molar-refractivity contribution in [1.82, 2.24) is 5.32 Å². The number of anilines is 1. The van der Waals surface area contributed by atoms with Crippen molar-refractivity contribution in [1.29, 1.82) is 0 Å². The molecule has 5 atom stereocenters. The number of aliphatic hydroxyl groups is 4. The first-order valence-electron chi connectivity index (χ1n) is 8.79. The van der Waals surface area contributed by atoms with E-state index in [2.05, 4.69) is 73.1 Å². The number of hydrogen-bond acceptors (Lipinski definition) is 7. The quantitative estimate of drug-likeness (QED) is 0.204. The van der Waals surface area contributed by atoms with Crippen molar-refractivity contribution >= 4 is 79.4 Å². The fourth-order valence-electron chi connectivity index (χ4n) is 3.23. The van der Waals surface area contributed by atoms with E-state index in [4.69, 9.17) is 15.6 Å².